The number of carbonyl (C=O) groups is 1. The molecule has 0 bridgehead atoms. The van der Waals surface area contributed by atoms with Crippen molar-refractivity contribution in [1.82, 2.24) is 15.0 Å². The number of hydrogen-bond donors (Lipinski definition) is 2. The lowest BCUT2D eigenvalue weighted by Gasteiger charge is -2.02. The third-order valence-electron chi connectivity index (χ3n) is 1.70. The summed E-state index contributed by atoms with van der Waals surface area (Å²) < 4.78 is 0. The lowest BCUT2D eigenvalue weighted by molar-refractivity contribution is -0.380. The summed E-state index contributed by atoms with van der Waals surface area (Å²) in [6, 6.07) is -0.597. The Morgan fingerprint density at radius 3 is 2.72 bits per heavy atom. The van der Waals surface area contributed by atoms with Crippen molar-refractivity contribution in [3.05, 3.63) is 34.9 Å². The molecule has 10 heteroatoms. The molecule has 0 aliphatic heterocycles. The summed E-state index contributed by atoms with van der Waals surface area (Å²) in [4.78, 5) is 32.6. The van der Waals surface area contributed by atoms with Gasteiger partial charge >= 0.3 is 11.0 Å². The average Bonchev–Trinajstić information content (AvgIpc) is 2.78. The fraction of sp³-hybridized carbons (Fsp3) is 0. The molecule has 0 unspecified atom stereocenters. The smallest absolute Gasteiger partial charge is 0.291 e. The quantitative estimate of drug-likeness (QED) is 0.640. The van der Waals surface area contributed by atoms with Gasteiger partial charge < -0.3 is 0 Å². The number of hydrogen-bond acceptors (Lipinski definition) is 7. The third kappa shape index (κ3) is 2.95. The fourth-order valence-corrected chi connectivity index (χ4v) is 1.64. The average molecular weight is 266 g/mol. The van der Waals surface area contributed by atoms with Crippen molar-refractivity contribution in [2.24, 2.45) is 0 Å². The Kier molecular flexibility index (Phi) is 3.38. The molecule has 92 valence electrons. The van der Waals surface area contributed by atoms with Crippen LogP contribution in [0.4, 0.5) is 20.7 Å². The predicted molar refractivity (Wildman–Crippen MR) is 63.4 cm³/mol. The molecule has 0 aliphatic carbocycles. The molecule has 2 aromatic rings. The molecule has 0 saturated carbocycles. The van der Waals surface area contributed by atoms with Gasteiger partial charge in [-0.05, 0) is 11.3 Å². The first-order valence-electron chi connectivity index (χ1n) is 4.59. The number of nitro groups is 1. The minimum Gasteiger partial charge on any atom is -0.291 e. The Morgan fingerprint density at radius 1 is 1.28 bits per heavy atom. The van der Waals surface area contributed by atoms with Gasteiger partial charge in [-0.15, -0.1) is 0 Å². The van der Waals surface area contributed by atoms with E-state index in [0.29, 0.717) is 0 Å². The van der Waals surface area contributed by atoms with Crippen LogP contribution in [0.3, 0.4) is 0 Å². The van der Waals surface area contributed by atoms with E-state index in [2.05, 4.69) is 25.6 Å². The SMILES string of the molecule is O=C(Nc1cnccn1)Nc1ncc([N+](=O)[O-])s1. The van der Waals surface area contributed by atoms with E-state index in [1.807, 2.05) is 0 Å². The van der Waals surface area contributed by atoms with E-state index in [0.717, 1.165) is 17.5 Å². The second-order valence-corrected chi connectivity index (χ2v) is 3.94. The Balaban J connectivity index is 1.97. The molecular formula is C8H6N6O3S. The summed E-state index contributed by atoms with van der Waals surface area (Å²) in [6.07, 6.45) is 5.32. The Morgan fingerprint density at radius 2 is 2.11 bits per heavy atom. The van der Waals surface area contributed by atoms with Gasteiger partial charge in [-0.25, -0.2) is 14.8 Å². The van der Waals surface area contributed by atoms with Gasteiger partial charge in [0.25, 0.3) is 0 Å². The molecule has 2 amide bonds. The molecule has 0 aromatic carbocycles. The van der Waals surface area contributed by atoms with E-state index in [1.54, 1.807) is 0 Å². The van der Waals surface area contributed by atoms with Gasteiger partial charge in [0.15, 0.2) is 10.9 Å². The zero-order valence-electron chi connectivity index (χ0n) is 8.73. The van der Waals surface area contributed by atoms with Crippen LogP contribution >= 0.6 is 11.3 Å². The Hall–Kier alpha value is -2.62. The predicted octanol–water partition coefficient (Wildman–Crippen LogP) is 1.49. The zero-order chi connectivity index (χ0) is 13.0. The third-order valence-corrected chi connectivity index (χ3v) is 2.56. The number of nitrogens with one attached hydrogen (secondary N) is 2. The number of rotatable bonds is 3. The number of urea groups is 1. The van der Waals surface area contributed by atoms with Crippen molar-refractivity contribution < 1.29 is 9.72 Å². The first kappa shape index (κ1) is 11.9. The molecule has 0 radical (unpaired) electrons. The summed E-state index contributed by atoms with van der Waals surface area (Å²) in [5, 5.41) is 15.2. The number of anilines is 2. The molecule has 0 saturated heterocycles. The number of nitrogens with zero attached hydrogens (tertiary/aromatic N) is 4. The Labute approximate surface area is 104 Å². The minimum atomic E-state index is -0.597. The van der Waals surface area contributed by atoms with E-state index in [-0.39, 0.29) is 16.0 Å². The lowest BCUT2D eigenvalue weighted by atomic mass is 10.6. The molecular weight excluding hydrogens is 260 g/mol. The first-order chi connectivity index (χ1) is 8.65. The van der Waals surface area contributed by atoms with E-state index in [9.17, 15) is 14.9 Å². The van der Waals surface area contributed by atoms with Gasteiger partial charge in [-0.1, -0.05) is 0 Å². The van der Waals surface area contributed by atoms with E-state index < -0.39 is 11.0 Å². The monoisotopic (exact) mass is 266 g/mol. The van der Waals surface area contributed by atoms with Crippen molar-refractivity contribution >= 4 is 33.3 Å². The van der Waals surface area contributed by atoms with Crippen LogP contribution in [0.2, 0.25) is 0 Å². The van der Waals surface area contributed by atoms with Crippen LogP contribution in [0.5, 0.6) is 0 Å². The number of amides is 2. The summed E-state index contributed by atoms with van der Waals surface area (Å²) in [6.45, 7) is 0. The van der Waals surface area contributed by atoms with E-state index in [4.69, 9.17) is 0 Å². The first-order valence-corrected chi connectivity index (χ1v) is 5.41. The van der Waals surface area contributed by atoms with Crippen LogP contribution in [0.25, 0.3) is 0 Å². The van der Waals surface area contributed by atoms with Crippen molar-refractivity contribution in [3.63, 3.8) is 0 Å². The van der Waals surface area contributed by atoms with E-state index >= 15 is 0 Å². The molecule has 2 aromatic heterocycles. The summed E-state index contributed by atoms with van der Waals surface area (Å²) >= 11 is 0.762. The molecule has 0 fully saturated rings. The molecule has 9 nitrogen and oxygen atoms in total. The van der Waals surface area contributed by atoms with Gasteiger partial charge in [0.05, 0.1) is 11.1 Å². The maximum absolute atomic E-state index is 11.5. The topological polar surface area (TPSA) is 123 Å². The molecule has 18 heavy (non-hydrogen) atoms. The van der Waals surface area contributed by atoms with E-state index in [1.165, 1.54) is 18.6 Å². The van der Waals surface area contributed by atoms with Gasteiger partial charge in [0.2, 0.25) is 0 Å². The van der Waals surface area contributed by atoms with Crippen LogP contribution in [0.1, 0.15) is 0 Å². The summed E-state index contributed by atoms with van der Waals surface area (Å²) in [5.41, 5.74) is 0. The van der Waals surface area contributed by atoms with Gasteiger partial charge in [0.1, 0.15) is 6.20 Å². The number of carbonyl (C=O) groups excluding carboxylic acids is 1. The van der Waals surface area contributed by atoms with Crippen molar-refractivity contribution in [1.29, 1.82) is 0 Å². The lowest BCUT2D eigenvalue weighted by Crippen LogP contribution is -2.19. The van der Waals surface area contributed by atoms with Crippen LogP contribution < -0.4 is 10.6 Å². The molecule has 2 N–H and O–H groups in total. The second-order valence-electron chi connectivity index (χ2n) is 2.93. The molecule has 0 atom stereocenters. The van der Waals surface area contributed by atoms with Crippen LogP contribution in [-0.4, -0.2) is 25.9 Å². The molecule has 2 heterocycles. The highest BCUT2D eigenvalue weighted by Gasteiger charge is 2.13. The van der Waals surface area contributed by atoms with Gasteiger partial charge in [-0.3, -0.25) is 25.7 Å². The van der Waals surface area contributed by atoms with Crippen LogP contribution in [0, 0.1) is 10.1 Å². The maximum Gasteiger partial charge on any atom is 0.345 e. The summed E-state index contributed by atoms with van der Waals surface area (Å²) in [7, 11) is 0. The van der Waals surface area contributed by atoms with Crippen molar-refractivity contribution in [2.45, 2.75) is 0 Å². The fourth-order valence-electron chi connectivity index (χ4n) is 1.02. The molecule has 0 aliphatic rings. The molecule has 0 spiro atoms. The highest BCUT2D eigenvalue weighted by atomic mass is 32.1. The number of aromatic nitrogens is 3. The van der Waals surface area contributed by atoms with Gasteiger partial charge in [-0.2, -0.15) is 0 Å². The van der Waals surface area contributed by atoms with Crippen molar-refractivity contribution in [3.8, 4) is 0 Å². The van der Waals surface area contributed by atoms with Crippen LogP contribution in [0.15, 0.2) is 24.8 Å². The molecule has 2 rings (SSSR count). The number of thiazole rings is 1. The zero-order valence-corrected chi connectivity index (χ0v) is 9.55. The largest absolute Gasteiger partial charge is 0.345 e. The van der Waals surface area contributed by atoms with Gasteiger partial charge in [0, 0.05) is 12.4 Å². The van der Waals surface area contributed by atoms with Crippen LogP contribution in [-0.2, 0) is 0 Å². The normalized spacial score (nSPS) is 9.78. The Bertz CT molecular complexity index is 571. The standard InChI is InChI=1S/C8H6N6O3S/c15-7(12-5-3-9-1-2-10-5)13-8-11-4-6(18-8)14(16)17/h1-4H,(H2,10,11,12,13,15). The highest BCUT2D eigenvalue weighted by Crippen LogP contribution is 2.24. The minimum absolute atomic E-state index is 0.128. The second kappa shape index (κ2) is 5.14. The summed E-state index contributed by atoms with van der Waals surface area (Å²) in [5.74, 6) is 0.265. The highest BCUT2D eigenvalue weighted by molar-refractivity contribution is 7.18. The maximum atomic E-state index is 11.5. The van der Waals surface area contributed by atoms with Crippen molar-refractivity contribution in [2.75, 3.05) is 10.6 Å².